The number of para-hydroxylation sites is 2. The monoisotopic (exact) mass is 362 g/mol. The molecule has 8 heteroatoms. The van der Waals surface area contributed by atoms with Crippen LogP contribution in [0.5, 0.6) is 11.5 Å². The summed E-state index contributed by atoms with van der Waals surface area (Å²) in [6.45, 7) is 9.07. The molecule has 0 saturated heterocycles. The van der Waals surface area contributed by atoms with Crippen LogP contribution in [0.3, 0.4) is 0 Å². The second-order valence-electron chi connectivity index (χ2n) is 4.86. The lowest BCUT2D eigenvalue weighted by molar-refractivity contribution is -0.158. The van der Waals surface area contributed by atoms with Gasteiger partial charge in [0.05, 0.1) is 0 Å². The van der Waals surface area contributed by atoms with Gasteiger partial charge in [-0.05, 0) is 26.0 Å². The Morgan fingerprint density at radius 3 is 1.46 bits per heavy atom. The molecule has 2 atom stereocenters. The molecule has 0 aliphatic heterocycles. The van der Waals surface area contributed by atoms with Crippen molar-refractivity contribution in [2.75, 3.05) is 0 Å². The Morgan fingerprint density at radius 2 is 1.15 bits per heavy atom. The fraction of sp³-hybridized carbons (Fsp3) is 0.222. The number of esters is 4. The van der Waals surface area contributed by atoms with Crippen molar-refractivity contribution in [2.45, 2.75) is 26.1 Å². The quantitative estimate of drug-likeness (QED) is 0.391. The summed E-state index contributed by atoms with van der Waals surface area (Å²) in [5.41, 5.74) is 0. The number of hydrogen-bond donors (Lipinski definition) is 0. The fourth-order valence-electron chi connectivity index (χ4n) is 1.54. The molecule has 0 N–H and O–H groups in total. The van der Waals surface area contributed by atoms with E-state index in [-0.39, 0.29) is 11.5 Å². The first kappa shape index (κ1) is 20.6. The van der Waals surface area contributed by atoms with Crippen molar-refractivity contribution < 1.29 is 38.1 Å². The SMILES string of the molecule is C=CC(=O)OC(C)C(=O)Oc1ccccc1OC(=O)C(C)OC(=O)C=C. The van der Waals surface area contributed by atoms with Crippen LogP contribution in [0.2, 0.25) is 0 Å². The van der Waals surface area contributed by atoms with Crippen LogP contribution in [-0.2, 0) is 28.7 Å². The maximum Gasteiger partial charge on any atom is 0.352 e. The van der Waals surface area contributed by atoms with Crippen molar-refractivity contribution in [3.8, 4) is 11.5 Å². The predicted molar refractivity (Wildman–Crippen MR) is 89.2 cm³/mol. The summed E-state index contributed by atoms with van der Waals surface area (Å²) in [5.74, 6) is -3.48. The van der Waals surface area contributed by atoms with Gasteiger partial charge in [-0.1, -0.05) is 25.3 Å². The van der Waals surface area contributed by atoms with Gasteiger partial charge in [-0.15, -0.1) is 0 Å². The number of carbonyl (C=O) groups is 4. The lowest BCUT2D eigenvalue weighted by Gasteiger charge is -2.15. The Bertz CT molecular complexity index is 661. The Balaban J connectivity index is 2.81. The number of benzene rings is 1. The molecule has 138 valence electrons. The smallest absolute Gasteiger partial charge is 0.352 e. The molecule has 1 aromatic carbocycles. The number of rotatable bonds is 8. The van der Waals surface area contributed by atoms with E-state index in [9.17, 15) is 19.2 Å². The summed E-state index contributed by atoms with van der Waals surface area (Å²) in [7, 11) is 0. The molecule has 2 unspecified atom stereocenters. The molecule has 0 bridgehead atoms. The molecule has 0 saturated carbocycles. The fourth-order valence-corrected chi connectivity index (χ4v) is 1.54. The van der Waals surface area contributed by atoms with Gasteiger partial charge < -0.3 is 18.9 Å². The van der Waals surface area contributed by atoms with Gasteiger partial charge in [-0.2, -0.15) is 0 Å². The summed E-state index contributed by atoms with van der Waals surface area (Å²) in [5, 5.41) is 0. The second-order valence-corrected chi connectivity index (χ2v) is 4.86. The highest BCUT2D eigenvalue weighted by molar-refractivity contribution is 5.87. The summed E-state index contributed by atoms with van der Waals surface area (Å²) < 4.78 is 19.7. The third kappa shape index (κ3) is 6.23. The van der Waals surface area contributed by atoms with E-state index in [1.54, 1.807) is 12.1 Å². The first-order valence-corrected chi connectivity index (χ1v) is 7.47. The average molecular weight is 362 g/mol. The first-order chi connectivity index (χ1) is 12.3. The lowest BCUT2D eigenvalue weighted by Crippen LogP contribution is -2.29. The van der Waals surface area contributed by atoms with Crippen LogP contribution in [0, 0.1) is 0 Å². The Hall–Kier alpha value is -3.42. The summed E-state index contributed by atoms with van der Waals surface area (Å²) in [6.07, 6.45) is -0.579. The average Bonchev–Trinajstić information content (AvgIpc) is 2.62. The van der Waals surface area contributed by atoms with E-state index >= 15 is 0 Å². The predicted octanol–water partition coefficient (Wildman–Crippen LogP) is 1.73. The highest BCUT2D eigenvalue weighted by Gasteiger charge is 2.23. The maximum atomic E-state index is 12.0. The number of carbonyl (C=O) groups excluding carboxylic acids is 4. The molecule has 1 rings (SSSR count). The molecule has 0 spiro atoms. The van der Waals surface area contributed by atoms with E-state index in [2.05, 4.69) is 13.2 Å². The van der Waals surface area contributed by atoms with Crippen molar-refractivity contribution in [3.05, 3.63) is 49.6 Å². The molecule has 0 aliphatic rings. The van der Waals surface area contributed by atoms with Gasteiger partial charge in [-0.25, -0.2) is 19.2 Å². The molecule has 8 nitrogen and oxygen atoms in total. The largest absolute Gasteiger partial charge is 0.447 e. The van der Waals surface area contributed by atoms with Gasteiger partial charge in [0.15, 0.2) is 23.7 Å². The molecule has 26 heavy (non-hydrogen) atoms. The Kier molecular flexibility index (Phi) is 7.75. The Morgan fingerprint density at radius 1 is 0.808 bits per heavy atom. The zero-order valence-corrected chi connectivity index (χ0v) is 14.3. The van der Waals surface area contributed by atoms with Crippen LogP contribution in [0.25, 0.3) is 0 Å². The minimum Gasteiger partial charge on any atom is -0.447 e. The number of hydrogen-bond acceptors (Lipinski definition) is 8. The van der Waals surface area contributed by atoms with Crippen LogP contribution >= 0.6 is 0 Å². The van der Waals surface area contributed by atoms with Crippen molar-refractivity contribution in [1.82, 2.24) is 0 Å². The van der Waals surface area contributed by atoms with Crippen molar-refractivity contribution in [1.29, 1.82) is 0 Å². The highest BCUT2D eigenvalue weighted by atomic mass is 16.6. The minimum atomic E-state index is -1.20. The van der Waals surface area contributed by atoms with Crippen molar-refractivity contribution >= 4 is 23.9 Å². The van der Waals surface area contributed by atoms with Crippen LogP contribution in [0.4, 0.5) is 0 Å². The van der Waals surface area contributed by atoms with Gasteiger partial charge in [0.25, 0.3) is 0 Å². The second kappa shape index (κ2) is 9.77. The van der Waals surface area contributed by atoms with Gasteiger partial charge in [-0.3, -0.25) is 0 Å². The third-order valence-electron chi connectivity index (χ3n) is 2.85. The van der Waals surface area contributed by atoms with Gasteiger partial charge in [0.2, 0.25) is 0 Å². The third-order valence-corrected chi connectivity index (χ3v) is 2.85. The van der Waals surface area contributed by atoms with Gasteiger partial charge >= 0.3 is 23.9 Å². The van der Waals surface area contributed by atoms with E-state index in [1.165, 1.54) is 26.0 Å². The van der Waals surface area contributed by atoms with E-state index in [1.807, 2.05) is 0 Å². The topological polar surface area (TPSA) is 105 Å². The van der Waals surface area contributed by atoms with Crippen LogP contribution < -0.4 is 9.47 Å². The minimum absolute atomic E-state index is 0.0744. The van der Waals surface area contributed by atoms with Crippen LogP contribution in [0.15, 0.2) is 49.6 Å². The zero-order chi connectivity index (χ0) is 19.7. The summed E-state index contributed by atoms with van der Waals surface area (Å²) in [4.78, 5) is 46.2. The highest BCUT2D eigenvalue weighted by Crippen LogP contribution is 2.27. The standard InChI is InChI=1S/C18H18O8/c1-5-15(19)23-11(3)17(21)25-13-9-7-8-10-14(13)26-18(22)12(4)24-16(20)6-2/h5-12H,1-2H2,3-4H3. The van der Waals surface area contributed by atoms with Gasteiger partial charge in [0.1, 0.15) is 0 Å². The molecule has 1 aromatic rings. The molecule has 0 amide bonds. The van der Waals surface area contributed by atoms with E-state index < -0.39 is 36.1 Å². The van der Waals surface area contributed by atoms with E-state index in [0.717, 1.165) is 12.2 Å². The Labute approximate surface area is 150 Å². The van der Waals surface area contributed by atoms with Gasteiger partial charge in [0, 0.05) is 12.2 Å². The maximum absolute atomic E-state index is 12.0. The van der Waals surface area contributed by atoms with Crippen molar-refractivity contribution in [3.63, 3.8) is 0 Å². The first-order valence-electron chi connectivity index (χ1n) is 7.47. The molecule has 0 radical (unpaired) electrons. The van der Waals surface area contributed by atoms with E-state index in [0.29, 0.717) is 0 Å². The molecule has 0 fully saturated rings. The van der Waals surface area contributed by atoms with Crippen LogP contribution in [0.1, 0.15) is 13.8 Å². The van der Waals surface area contributed by atoms with Crippen LogP contribution in [-0.4, -0.2) is 36.1 Å². The molecule has 0 heterocycles. The summed E-state index contributed by atoms with van der Waals surface area (Å²) in [6, 6.07) is 5.84. The zero-order valence-electron chi connectivity index (χ0n) is 14.3. The molecular weight excluding hydrogens is 344 g/mol. The lowest BCUT2D eigenvalue weighted by atomic mass is 10.3. The molecule has 0 aliphatic carbocycles. The molecular formula is C18H18O8. The normalized spacial score (nSPS) is 12.1. The number of ether oxygens (including phenoxy) is 4. The summed E-state index contributed by atoms with van der Waals surface area (Å²) >= 11 is 0. The molecule has 0 aromatic heterocycles. The van der Waals surface area contributed by atoms with Crippen molar-refractivity contribution in [2.24, 2.45) is 0 Å². The van der Waals surface area contributed by atoms with E-state index in [4.69, 9.17) is 18.9 Å².